The minimum Gasteiger partial charge on any atom is -0.493 e. The summed E-state index contributed by atoms with van der Waals surface area (Å²) in [6.45, 7) is 6.20. The molecule has 6 nitrogen and oxygen atoms in total. The van der Waals surface area contributed by atoms with Gasteiger partial charge in [-0.25, -0.2) is 0 Å². The van der Waals surface area contributed by atoms with E-state index in [-0.39, 0.29) is 5.02 Å². The number of amides is 2. The van der Waals surface area contributed by atoms with E-state index in [4.69, 9.17) is 32.7 Å². The number of ether oxygens (including phenoxy) is 2. The summed E-state index contributed by atoms with van der Waals surface area (Å²) in [5, 5.41) is 0.737. The summed E-state index contributed by atoms with van der Waals surface area (Å²) < 4.78 is 12.0. The Hall–Kier alpha value is -1.96. The molecular formula is C21H23BrCl2N2O4. The lowest BCUT2D eigenvalue weighted by Crippen LogP contribution is -2.47. The Kier molecular flexibility index (Phi) is 9.27. The number of rotatable bonds is 8. The van der Waals surface area contributed by atoms with E-state index in [0.717, 1.165) is 6.42 Å². The fraction of sp³-hybridized carbons (Fsp3) is 0.333. The van der Waals surface area contributed by atoms with Crippen LogP contribution in [0.4, 0.5) is 0 Å². The van der Waals surface area contributed by atoms with Gasteiger partial charge in [0.05, 0.1) is 17.2 Å². The van der Waals surface area contributed by atoms with Gasteiger partial charge in [0, 0.05) is 9.50 Å². The van der Waals surface area contributed by atoms with Crippen LogP contribution in [0.25, 0.3) is 0 Å². The Morgan fingerprint density at radius 1 is 1.03 bits per heavy atom. The minimum absolute atomic E-state index is 0.281. The van der Waals surface area contributed by atoms with Gasteiger partial charge >= 0.3 is 0 Å². The van der Waals surface area contributed by atoms with Crippen molar-refractivity contribution in [1.29, 1.82) is 0 Å². The third-order valence-electron chi connectivity index (χ3n) is 4.01. The third kappa shape index (κ3) is 7.38. The average Bonchev–Trinajstić information content (AvgIpc) is 2.68. The van der Waals surface area contributed by atoms with Gasteiger partial charge in [-0.2, -0.15) is 0 Å². The van der Waals surface area contributed by atoms with Crippen LogP contribution < -0.4 is 20.3 Å². The number of benzene rings is 2. The Balaban J connectivity index is 1.97. The largest absolute Gasteiger partial charge is 0.493 e. The molecule has 0 heterocycles. The van der Waals surface area contributed by atoms with Crippen LogP contribution in [0.3, 0.4) is 0 Å². The van der Waals surface area contributed by atoms with Gasteiger partial charge in [0.1, 0.15) is 11.5 Å². The van der Waals surface area contributed by atoms with Crippen molar-refractivity contribution >= 4 is 50.9 Å². The van der Waals surface area contributed by atoms with E-state index >= 15 is 0 Å². The maximum Gasteiger partial charge on any atom is 0.279 e. The van der Waals surface area contributed by atoms with Crippen LogP contribution in [0.5, 0.6) is 11.5 Å². The highest BCUT2D eigenvalue weighted by Crippen LogP contribution is 2.28. The predicted molar refractivity (Wildman–Crippen MR) is 121 cm³/mol. The lowest BCUT2D eigenvalue weighted by atomic mass is 10.1. The quantitative estimate of drug-likeness (QED) is 0.459. The summed E-state index contributed by atoms with van der Waals surface area (Å²) >= 11 is 15.2. The molecule has 2 rings (SSSR count). The molecule has 0 aliphatic carbocycles. The number of halogens is 3. The van der Waals surface area contributed by atoms with Crippen molar-refractivity contribution < 1.29 is 19.1 Å². The molecular weight excluding hydrogens is 495 g/mol. The summed E-state index contributed by atoms with van der Waals surface area (Å²) in [5.41, 5.74) is 5.03. The first kappa shape index (κ1) is 24.3. The molecule has 0 fully saturated rings. The Morgan fingerprint density at radius 2 is 1.73 bits per heavy atom. The minimum atomic E-state index is -0.909. The van der Waals surface area contributed by atoms with E-state index in [2.05, 4.69) is 40.6 Å². The maximum atomic E-state index is 12.6. The van der Waals surface area contributed by atoms with E-state index < -0.39 is 17.9 Å². The first-order chi connectivity index (χ1) is 14.2. The smallest absolute Gasteiger partial charge is 0.279 e. The molecule has 9 heteroatoms. The molecule has 2 N–H and O–H groups in total. The van der Waals surface area contributed by atoms with Gasteiger partial charge in [-0.3, -0.25) is 20.4 Å². The van der Waals surface area contributed by atoms with Crippen LogP contribution in [-0.4, -0.2) is 24.5 Å². The normalized spacial score (nSPS) is 11.7. The number of hydrogen-bond donors (Lipinski definition) is 2. The van der Waals surface area contributed by atoms with Crippen molar-refractivity contribution in [2.24, 2.45) is 5.92 Å². The number of carbonyl (C=O) groups excluding carboxylic acids is 2. The molecule has 1 unspecified atom stereocenters. The first-order valence-electron chi connectivity index (χ1n) is 9.31. The lowest BCUT2D eigenvalue weighted by molar-refractivity contribution is -0.128. The summed E-state index contributed by atoms with van der Waals surface area (Å²) in [7, 11) is 0. The molecule has 0 saturated carbocycles. The predicted octanol–water partition coefficient (Wildman–Crippen LogP) is 5.41. The van der Waals surface area contributed by atoms with E-state index in [1.807, 2.05) is 0 Å². The van der Waals surface area contributed by atoms with Crippen LogP contribution in [0.1, 0.15) is 37.6 Å². The molecule has 0 spiro atoms. The maximum absolute atomic E-state index is 12.6. The molecule has 0 bridgehead atoms. The molecule has 0 aliphatic rings. The van der Waals surface area contributed by atoms with Crippen LogP contribution >= 0.6 is 39.1 Å². The molecule has 2 aromatic rings. The first-order valence-corrected chi connectivity index (χ1v) is 10.9. The molecule has 0 radical (unpaired) electrons. The second-order valence-corrected chi connectivity index (χ2v) is 8.71. The molecule has 2 amide bonds. The van der Waals surface area contributed by atoms with Gasteiger partial charge in [0.2, 0.25) is 0 Å². The van der Waals surface area contributed by atoms with Crippen molar-refractivity contribution in [1.82, 2.24) is 10.9 Å². The highest BCUT2D eigenvalue weighted by Gasteiger charge is 2.19. The van der Waals surface area contributed by atoms with Crippen LogP contribution in [0, 0.1) is 5.92 Å². The lowest BCUT2D eigenvalue weighted by Gasteiger charge is -2.17. The van der Waals surface area contributed by atoms with Gasteiger partial charge in [-0.1, -0.05) is 53.0 Å². The highest BCUT2D eigenvalue weighted by molar-refractivity contribution is 9.10. The van der Waals surface area contributed by atoms with E-state index in [9.17, 15) is 9.59 Å². The highest BCUT2D eigenvalue weighted by atomic mass is 79.9. The Bertz CT molecular complexity index is 909. The monoisotopic (exact) mass is 516 g/mol. The van der Waals surface area contributed by atoms with Crippen molar-refractivity contribution in [3.05, 3.63) is 56.5 Å². The van der Waals surface area contributed by atoms with Crippen molar-refractivity contribution in [3.8, 4) is 11.5 Å². The van der Waals surface area contributed by atoms with Crippen LogP contribution in [-0.2, 0) is 4.79 Å². The van der Waals surface area contributed by atoms with Gasteiger partial charge in [0.15, 0.2) is 6.10 Å². The van der Waals surface area contributed by atoms with Crippen molar-refractivity contribution in [2.75, 3.05) is 6.61 Å². The molecule has 1 atom stereocenters. The van der Waals surface area contributed by atoms with Crippen LogP contribution in [0.15, 0.2) is 40.9 Å². The Labute approximate surface area is 194 Å². The number of carbonyl (C=O) groups is 2. The fourth-order valence-electron chi connectivity index (χ4n) is 2.31. The zero-order valence-corrected chi connectivity index (χ0v) is 19.9. The topological polar surface area (TPSA) is 76.7 Å². The molecule has 2 aromatic carbocycles. The van der Waals surface area contributed by atoms with Gasteiger partial charge < -0.3 is 9.47 Å². The van der Waals surface area contributed by atoms with Crippen LogP contribution in [0.2, 0.25) is 10.0 Å². The Morgan fingerprint density at radius 3 is 2.40 bits per heavy atom. The fourth-order valence-corrected chi connectivity index (χ4v) is 3.13. The van der Waals surface area contributed by atoms with Gasteiger partial charge in [-0.15, -0.1) is 0 Å². The molecule has 0 aliphatic heterocycles. The zero-order valence-electron chi connectivity index (χ0n) is 16.8. The summed E-state index contributed by atoms with van der Waals surface area (Å²) in [6.07, 6.45) is -0.0519. The average molecular weight is 518 g/mol. The second-order valence-electron chi connectivity index (χ2n) is 6.95. The summed E-state index contributed by atoms with van der Waals surface area (Å²) in [5.74, 6) is 0.158. The number of hydrogen-bond acceptors (Lipinski definition) is 4. The van der Waals surface area contributed by atoms with Gasteiger partial charge in [-0.05, 0) is 55.7 Å². The SMILES string of the molecule is CC(C)CCOc1ccc(Br)cc1C(=O)NNC(=O)C(C)Oc1ccc(Cl)cc1Cl. The molecule has 30 heavy (non-hydrogen) atoms. The van der Waals surface area contributed by atoms with E-state index in [0.29, 0.717) is 39.1 Å². The summed E-state index contributed by atoms with van der Waals surface area (Å²) in [6, 6.07) is 9.79. The summed E-state index contributed by atoms with van der Waals surface area (Å²) in [4.78, 5) is 24.9. The van der Waals surface area contributed by atoms with Crippen molar-refractivity contribution in [2.45, 2.75) is 33.3 Å². The molecule has 0 saturated heterocycles. The number of nitrogens with one attached hydrogen (secondary N) is 2. The standard InChI is InChI=1S/C21H23BrCl2N2O4/c1-12(2)8-9-29-18-6-4-14(22)10-16(18)21(28)26-25-20(27)13(3)30-19-7-5-15(23)11-17(19)24/h4-7,10-13H,8-9H2,1-3H3,(H,25,27)(H,26,28). The van der Waals surface area contributed by atoms with Gasteiger partial charge in [0.25, 0.3) is 11.8 Å². The third-order valence-corrected chi connectivity index (χ3v) is 5.03. The molecule has 162 valence electrons. The zero-order chi connectivity index (χ0) is 22.3. The van der Waals surface area contributed by atoms with E-state index in [1.54, 1.807) is 30.3 Å². The van der Waals surface area contributed by atoms with E-state index in [1.165, 1.54) is 13.0 Å². The number of hydrazine groups is 1. The molecule has 0 aromatic heterocycles. The second kappa shape index (κ2) is 11.4. The van der Waals surface area contributed by atoms with Crippen molar-refractivity contribution in [3.63, 3.8) is 0 Å².